The fraction of sp³-hybridized carbons (Fsp3) is 0.300. The molecule has 3 nitrogen and oxygen atoms in total. The maximum absolute atomic E-state index is 11.5. The topological polar surface area (TPSA) is 46.5 Å². The number of hydrogen-bond donors (Lipinski definition) is 1. The van der Waals surface area contributed by atoms with E-state index in [2.05, 4.69) is 15.9 Å². The standard InChI is InChI=1S/C10H9BrO3/c1-5-4-6-2-3-7(11)9(12)8(6)10(13)14-5/h2-3,5,12H,4H2,1H3/t5-/m1/s1. The number of cyclic esters (lactones) is 1. The summed E-state index contributed by atoms with van der Waals surface area (Å²) in [7, 11) is 0. The molecule has 14 heavy (non-hydrogen) atoms. The monoisotopic (exact) mass is 256 g/mol. The Balaban J connectivity index is 2.60. The normalized spacial score (nSPS) is 20.1. The first-order chi connectivity index (χ1) is 6.59. The molecular formula is C10H9BrO3. The molecule has 0 fully saturated rings. The van der Waals surface area contributed by atoms with E-state index in [-0.39, 0.29) is 17.4 Å². The summed E-state index contributed by atoms with van der Waals surface area (Å²) in [6.07, 6.45) is 0.539. The molecule has 2 rings (SSSR count). The number of ether oxygens (including phenoxy) is 1. The van der Waals surface area contributed by atoms with Gasteiger partial charge in [0.2, 0.25) is 0 Å². The van der Waals surface area contributed by atoms with Crippen molar-refractivity contribution in [2.45, 2.75) is 19.4 Å². The van der Waals surface area contributed by atoms with Gasteiger partial charge in [0.1, 0.15) is 17.4 Å². The minimum absolute atomic E-state index is 0.0283. The second-order valence-corrected chi connectivity index (χ2v) is 4.20. The number of rotatable bonds is 0. The summed E-state index contributed by atoms with van der Waals surface area (Å²) in [6, 6.07) is 3.57. The Hall–Kier alpha value is -1.03. The van der Waals surface area contributed by atoms with Crippen LogP contribution in [0.3, 0.4) is 0 Å². The molecule has 0 aliphatic carbocycles. The molecule has 1 aliphatic heterocycles. The Morgan fingerprint density at radius 1 is 1.57 bits per heavy atom. The Kier molecular flexibility index (Phi) is 2.23. The molecule has 0 saturated heterocycles. The first-order valence-electron chi connectivity index (χ1n) is 4.31. The third-order valence-electron chi connectivity index (χ3n) is 2.23. The molecule has 74 valence electrons. The number of phenols is 1. The highest BCUT2D eigenvalue weighted by Gasteiger charge is 2.27. The van der Waals surface area contributed by atoms with Crippen LogP contribution in [-0.2, 0) is 11.2 Å². The summed E-state index contributed by atoms with van der Waals surface area (Å²) in [4.78, 5) is 11.5. The number of hydrogen-bond acceptors (Lipinski definition) is 3. The number of carbonyl (C=O) groups excluding carboxylic acids is 1. The minimum atomic E-state index is -0.447. The second kappa shape index (κ2) is 3.28. The zero-order chi connectivity index (χ0) is 10.3. The lowest BCUT2D eigenvalue weighted by Crippen LogP contribution is -2.25. The predicted molar refractivity (Wildman–Crippen MR) is 54.4 cm³/mol. The number of esters is 1. The number of aromatic hydroxyl groups is 1. The molecule has 1 heterocycles. The van der Waals surface area contributed by atoms with Gasteiger partial charge in [0.25, 0.3) is 0 Å². The first kappa shape index (κ1) is 9.52. The fourth-order valence-electron chi connectivity index (χ4n) is 1.60. The van der Waals surface area contributed by atoms with E-state index in [1.807, 2.05) is 13.0 Å². The van der Waals surface area contributed by atoms with Gasteiger partial charge in [-0.15, -0.1) is 0 Å². The van der Waals surface area contributed by atoms with Crippen molar-refractivity contribution in [1.82, 2.24) is 0 Å². The van der Waals surface area contributed by atoms with Crippen molar-refractivity contribution in [2.24, 2.45) is 0 Å². The van der Waals surface area contributed by atoms with Crippen molar-refractivity contribution >= 4 is 21.9 Å². The maximum Gasteiger partial charge on any atom is 0.342 e. The molecule has 0 radical (unpaired) electrons. The molecule has 0 aromatic heterocycles. The Labute approximate surface area is 89.8 Å². The first-order valence-corrected chi connectivity index (χ1v) is 5.10. The summed E-state index contributed by atoms with van der Waals surface area (Å²) in [6.45, 7) is 1.83. The van der Waals surface area contributed by atoms with Crippen LogP contribution in [0.15, 0.2) is 16.6 Å². The van der Waals surface area contributed by atoms with Crippen molar-refractivity contribution < 1.29 is 14.6 Å². The molecule has 1 atom stereocenters. The molecule has 4 heteroatoms. The van der Waals surface area contributed by atoms with Crippen LogP contribution in [0.1, 0.15) is 22.8 Å². The largest absolute Gasteiger partial charge is 0.506 e. The van der Waals surface area contributed by atoms with Crippen LogP contribution in [0, 0.1) is 0 Å². The van der Waals surface area contributed by atoms with E-state index < -0.39 is 5.97 Å². The summed E-state index contributed by atoms with van der Waals surface area (Å²) < 4.78 is 5.55. The van der Waals surface area contributed by atoms with E-state index in [1.54, 1.807) is 6.07 Å². The van der Waals surface area contributed by atoms with Gasteiger partial charge in [-0.1, -0.05) is 6.07 Å². The molecule has 0 spiro atoms. The summed E-state index contributed by atoms with van der Waals surface area (Å²) in [5, 5.41) is 9.65. The molecule has 0 unspecified atom stereocenters. The van der Waals surface area contributed by atoms with Gasteiger partial charge in [-0.2, -0.15) is 0 Å². The molecule has 1 N–H and O–H groups in total. The molecule has 1 aromatic carbocycles. The van der Waals surface area contributed by atoms with Crippen molar-refractivity contribution in [1.29, 1.82) is 0 Å². The zero-order valence-corrected chi connectivity index (χ0v) is 9.17. The van der Waals surface area contributed by atoms with Crippen LogP contribution < -0.4 is 0 Å². The van der Waals surface area contributed by atoms with E-state index in [9.17, 15) is 9.90 Å². The highest BCUT2D eigenvalue weighted by molar-refractivity contribution is 9.10. The predicted octanol–water partition coefficient (Wildman–Crippen LogP) is 2.26. The average molecular weight is 257 g/mol. The lowest BCUT2D eigenvalue weighted by atomic mass is 9.98. The SMILES string of the molecule is C[C@@H]1Cc2ccc(Br)c(O)c2C(=O)O1. The Bertz CT molecular complexity index is 401. The molecular weight excluding hydrogens is 248 g/mol. The van der Waals surface area contributed by atoms with Crippen molar-refractivity contribution in [3.05, 3.63) is 27.7 Å². The second-order valence-electron chi connectivity index (χ2n) is 3.35. The maximum atomic E-state index is 11.5. The van der Waals surface area contributed by atoms with Gasteiger partial charge in [0, 0.05) is 6.42 Å². The number of phenolic OH excluding ortho intramolecular Hbond substituents is 1. The van der Waals surface area contributed by atoms with Crippen LogP contribution in [0.5, 0.6) is 5.75 Å². The van der Waals surface area contributed by atoms with Gasteiger partial charge in [-0.25, -0.2) is 4.79 Å². The lowest BCUT2D eigenvalue weighted by molar-refractivity contribution is 0.0297. The van der Waals surface area contributed by atoms with Crippen molar-refractivity contribution in [3.8, 4) is 5.75 Å². The third kappa shape index (κ3) is 1.39. The molecule has 1 aromatic rings. The van der Waals surface area contributed by atoms with Gasteiger partial charge in [0.05, 0.1) is 4.47 Å². The molecule has 0 amide bonds. The van der Waals surface area contributed by atoms with Crippen LogP contribution in [0.4, 0.5) is 0 Å². The van der Waals surface area contributed by atoms with Crippen LogP contribution >= 0.6 is 15.9 Å². The summed E-state index contributed by atoms with van der Waals surface area (Å²) >= 11 is 3.16. The van der Waals surface area contributed by atoms with Crippen molar-refractivity contribution in [3.63, 3.8) is 0 Å². The van der Waals surface area contributed by atoms with E-state index in [1.165, 1.54) is 0 Å². The number of benzene rings is 1. The van der Waals surface area contributed by atoms with Crippen LogP contribution in [0.2, 0.25) is 0 Å². The van der Waals surface area contributed by atoms with Gasteiger partial charge in [-0.3, -0.25) is 0 Å². The van der Waals surface area contributed by atoms with E-state index in [4.69, 9.17) is 4.74 Å². The molecule has 0 bridgehead atoms. The Morgan fingerprint density at radius 3 is 3.00 bits per heavy atom. The van der Waals surface area contributed by atoms with Gasteiger partial charge in [-0.05, 0) is 34.5 Å². The van der Waals surface area contributed by atoms with Crippen LogP contribution in [-0.4, -0.2) is 17.2 Å². The summed E-state index contributed by atoms with van der Waals surface area (Å²) in [5.74, 6) is -0.475. The highest BCUT2D eigenvalue weighted by Crippen LogP contribution is 2.34. The van der Waals surface area contributed by atoms with Gasteiger partial charge < -0.3 is 9.84 Å². The molecule has 1 aliphatic rings. The summed E-state index contributed by atoms with van der Waals surface area (Å²) in [5.41, 5.74) is 1.13. The fourth-order valence-corrected chi connectivity index (χ4v) is 1.93. The lowest BCUT2D eigenvalue weighted by Gasteiger charge is -2.22. The number of fused-ring (bicyclic) bond motifs is 1. The minimum Gasteiger partial charge on any atom is -0.506 e. The van der Waals surface area contributed by atoms with E-state index in [0.29, 0.717) is 10.9 Å². The number of carbonyl (C=O) groups is 1. The molecule has 0 saturated carbocycles. The van der Waals surface area contributed by atoms with Gasteiger partial charge in [0.15, 0.2) is 0 Å². The third-order valence-corrected chi connectivity index (χ3v) is 2.87. The zero-order valence-electron chi connectivity index (χ0n) is 7.58. The smallest absolute Gasteiger partial charge is 0.342 e. The quantitative estimate of drug-likeness (QED) is 0.725. The van der Waals surface area contributed by atoms with Gasteiger partial charge >= 0.3 is 5.97 Å². The van der Waals surface area contributed by atoms with E-state index >= 15 is 0 Å². The average Bonchev–Trinajstić information content (AvgIpc) is 2.10. The Morgan fingerprint density at radius 2 is 2.29 bits per heavy atom. The highest BCUT2D eigenvalue weighted by atomic mass is 79.9. The van der Waals surface area contributed by atoms with Crippen molar-refractivity contribution in [2.75, 3.05) is 0 Å². The number of halogens is 1. The van der Waals surface area contributed by atoms with Crippen LogP contribution in [0.25, 0.3) is 0 Å². The van der Waals surface area contributed by atoms with E-state index in [0.717, 1.165) is 5.56 Å².